The van der Waals surface area contributed by atoms with Crippen LogP contribution in [0.4, 0.5) is 0 Å². The Balaban J connectivity index is 1.38. The van der Waals surface area contributed by atoms with E-state index in [1.54, 1.807) is 0 Å². The molecule has 0 unspecified atom stereocenters. The molecule has 0 saturated heterocycles. The molecule has 0 fully saturated rings. The van der Waals surface area contributed by atoms with Crippen LogP contribution in [0.3, 0.4) is 0 Å². The van der Waals surface area contributed by atoms with Crippen LogP contribution in [0.5, 0.6) is 0 Å². The number of fused-ring (bicyclic) bond motifs is 2. The third-order valence-electron chi connectivity index (χ3n) is 6.87. The summed E-state index contributed by atoms with van der Waals surface area (Å²) in [4.78, 5) is 31.2. The molecule has 2 aromatic carbocycles. The summed E-state index contributed by atoms with van der Waals surface area (Å²) in [7, 11) is 0. The van der Waals surface area contributed by atoms with E-state index in [1.165, 1.54) is 0 Å². The largest absolute Gasteiger partial charge is 0.454 e. The number of esters is 1. The Morgan fingerprint density at radius 2 is 1.77 bits per heavy atom. The van der Waals surface area contributed by atoms with Crippen LogP contribution < -0.4 is 0 Å². The minimum Gasteiger partial charge on any atom is -0.454 e. The number of ether oxygens (including phenoxy) is 1. The molecule has 0 spiro atoms. The van der Waals surface area contributed by atoms with Crippen LogP contribution in [-0.4, -0.2) is 27.9 Å². The van der Waals surface area contributed by atoms with Crippen molar-refractivity contribution in [3.05, 3.63) is 99.0 Å². The summed E-state index contributed by atoms with van der Waals surface area (Å²) in [6, 6.07) is 17.2. The number of para-hydroxylation sites is 1. The molecule has 1 aliphatic rings. The molecule has 5 rings (SSSR count). The molecule has 0 amide bonds. The topological polar surface area (TPSA) is 61.2 Å². The number of Topliss-reactive ketones (excluding diaryl/α,β-unsaturated/α-hetero) is 1. The number of aromatic nitrogens is 2. The van der Waals surface area contributed by atoms with E-state index in [1.807, 2.05) is 68.4 Å². The van der Waals surface area contributed by atoms with Gasteiger partial charge in [-0.05, 0) is 68.9 Å². The van der Waals surface area contributed by atoms with Crippen molar-refractivity contribution in [2.24, 2.45) is 0 Å². The maximum atomic E-state index is 13.3. The Morgan fingerprint density at radius 1 is 1.03 bits per heavy atom. The molecular weight excluding hydrogens is 460 g/mol. The summed E-state index contributed by atoms with van der Waals surface area (Å²) in [5.41, 5.74) is 6.60. The first kappa shape index (κ1) is 23.3. The average molecular weight is 487 g/mol. The van der Waals surface area contributed by atoms with Crippen molar-refractivity contribution in [2.45, 2.75) is 46.1 Å². The maximum absolute atomic E-state index is 13.3. The fourth-order valence-electron chi connectivity index (χ4n) is 5.01. The van der Waals surface area contributed by atoms with Gasteiger partial charge in [0.05, 0.1) is 11.1 Å². The van der Waals surface area contributed by atoms with E-state index in [4.69, 9.17) is 21.3 Å². The second kappa shape index (κ2) is 9.67. The molecule has 2 heterocycles. The monoisotopic (exact) mass is 486 g/mol. The van der Waals surface area contributed by atoms with Crippen molar-refractivity contribution >= 4 is 34.3 Å². The van der Waals surface area contributed by atoms with Gasteiger partial charge < -0.3 is 9.30 Å². The Kier molecular flexibility index (Phi) is 6.44. The second-order valence-electron chi connectivity index (χ2n) is 9.10. The first-order chi connectivity index (χ1) is 16.9. The molecule has 0 radical (unpaired) electrons. The highest BCUT2D eigenvalue weighted by atomic mass is 35.5. The minimum atomic E-state index is -0.458. The lowest BCUT2D eigenvalue weighted by Crippen LogP contribution is -2.19. The predicted molar refractivity (Wildman–Crippen MR) is 137 cm³/mol. The molecule has 1 aliphatic carbocycles. The van der Waals surface area contributed by atoms with Crippen LogP contribution in [0.15, 0.2) is 54.6 Å². The highest BCUT2D eigenvalue weighted by Crippen LogP contribution is 2.30. The summed E-state index contributed by atoms with van der Waals surface area (Å²) in [5.74, 6) is -0.677. The maximum Gasteiger partial charge on any atom is 0.339 e. The van der Waals surface area contributed by atoms with Crippen LogP contribution in [0.2, 0.25) is 5.02 Å². The molecule has 2 aromatic heterocycles. The molecule has 0 aliphatic heterocycles. The zero-order valence-corrected chi connectivity index (χ0v) is 20.7. The first-order valence-electron chi connectivity index (χ1n) is 11.9. The number of ketones is 1. The van der Waals surface area contributed by atoms with Gasteiger partial charge in [0.1, 0.15) is 0 Å². The molecule has 5 nitrogen and oxygen atoms in total. The zero-order valence-electron chi connectivity index (χ0n) is 19.9. The standard InChI is InChI=1S/C29H27ClN2O3/c1-18-15-23(19(2)32(18)16-20-9-3-6-12-24(20)30)27(33)17-35-29(34)28-21-10-4-7-13-25(21)31-26-14-8-5-11-22(26)28/h3-4,6-7,9-10,12-13,15H,5,8,11,14,16-17H2,1-2H3. The van der Waals surface area contributed by atoms with Gasteiger partial charge in [-0.25, -0.2) is 4.79 Å². The second-order valence-corrected chi connectivity index (χ2v) is 9.51. The van der Waals surface area contributed by atoms with E-state index in [-0.39, 0.29) is 12.4 Å². The Bertz CT molecular complexity index is 1450. The third kappa shape index (κ3) is 4.48. The van der Waals surface area contributed by atoms with E-state index in [0.717, 1.165) is 64.8 Å². The molecule has 35 heavy (non-hydrogen) atoms. The van der Waals surface area contributed by atoms with Gasteiger partial charge in [0, 0.05) is 39.6 Å². The highest BCUT2D eigenvalue weighted by molar-refractivity contribution is 6.31. The van der Waals surface area contributed by atoms with Gasteiger partial charge in [-0.15, -0.1) is 0 Å². The number of rotatable bonds is 6. The lowest BCUT2D eigenvalue weighted by molar-refractivity contribution is 0.0475. The summed E-state index contributed by atoms with van der Waals surface area (Å²) in [6.45, 7) is 4.13. The molecule has 0 atom stereocenters. The number of carbonyl (C=O) groups is 2. The van der Waals surface area contributed by atoms with Crippen molar-refractivity contribution in [3.63, 3.8) is 0 Å². The van der Waals surface area contributed by atoms with Crippen LogP contribution in [0.25, 0.3) is 10.9 Å². The number of aryl methyl sites for hydroxylation is 2. The molecule has 4 aromatic rings. The number of nitrogens with zero attached hydrogens (tertiary/aromatic N) is 2. The summed E-state index contributed by atoms with van der Waals surface area (Å²) < 4.78 is 7.67. The quantitative estimate of drug-likeness (QED) is 0.238. The Morgan fingerprint density at radius 3 is 2.60 bits per heavy atom. The Labute approximate surface area is 209 Å². The van der Waals surface area contributed by atoms with Gasteiger partial charge in [-0.3, -0.25) is 9.78 Å². The highest BCUT2D eigenvalue weighted by Gasteiger charge is 2.25. The number of carbonyl (C=O) groups excluding carboxylic acids is 2. The normalized spacial score (nSPS) is 13.0. The van der Waals surface area contributed by atoms with Gasteiger partial charge in [-0.1, -0.05) is 48.0 Å². The summed E-state index contributed by atoms with van der Waals surface area (Å²) >= 11 is 6.34. The molecule has 6 heteroatoms. The van der Waals surface area contributed by atoms with Crippen molar-refractivity contribution in [3.8, 4) is 0 Å². The molecule has 178 valence electrons. The van der Waals surface area contributed by atoms with E-state index in [9.17, 15) is 9.59 Å². The van der Waals surface area contributed by atoms with Crippen LogP contribution in [0, 0.1) is 13.8 Å². The smallest absolute Gasteiger partial charge is 0.339 e. The van der Waals surface area contributed by atoms with E-state index in [2.05, 4.69) is 4.57 Å². The number of benzene rings is 2. The van der Waals surface area contributed by atoms with E-state index < -0.39 is 5.97 Å². The molecular formula is C29H27ClN2O3. The SMILES string of the molecule is Cc1cc(C(=O)COC(=O)c2c3c(nc4ccccc24)CCCC3)c(C)n1Cc1ccccc1Cl. The zero-order chi connectivity index (χ0) is 24.5. The fraction of sp³-hybridized carbons (Fsp3) is 0.276. The van der Waals surface area contributed by atoms with Crippen LogP contribution in [-0.2, 0) is 24.1 Å². The van der Waals surface area contributed by atoms with Gasteiger partial charge in [-0.2, -0.15) is 0 Å². The van der Waals surface area contributed by atoms with Crippen LogP contribution in [0.1, 0.15) is 61.8 Å². The summed E-state index contributed by atoms with van der Waals surface area (Å²) in [5, 5.41) is 1.47. The minimum absolute atomic E-state index is 0.218. The first-order valence-corrected chi connectivity index (χ1v) is 12.3. The lowest BCUT2D eigenvalue weighted by Gasteiger charge is -2.19. The van der Waals surface area contributed by atoms with E-state index >= 15 is 0 Å². The third-order valence-corrected chi connectivity index (χ3v) is 7.24. The number of pyridine rings is 1. The molecule has 0 saturated carbocycles. The van der Waals surface area contributed by atoms with Gasteiger partial charge in [0.15, 0.2) is 6.61 Å². The lowest BCUT2D eigenvalue weighted by atomic mass is 9.90. The van der Waals surface area contributed by atoms with Crippen molar-refractivity contribution in [2.75, 3.05) is 6.61 Å². The Hall–Kier alpha value is -3.44. The van der Waals surface area contributed by atoms with Gasteiger partial charge >= 0.3 is 5.97 Å². The van der Waals surface area contributed by atoms with Crippen molar-refractivity contribution in [1.29, 1.82) is 0 Å². The molecule has 0 N–H and O–H groups in total. The number of halogens is 1. The van der Waals surface area contributed by atoms with Crippen LogP contribution >= 0.6 is 11.6 Å². The fourth-order valence-corrected chi connectivity index (χ4v) is 5.21. The number of hydrogen-bond donors (Lipinski definition) is 0. The van der Waals surface area contributed by atoms with Crippen molar-refractivity contribution in [1.82, 2.24) is 9.55 Å². The van der Waals surface area contributed by atoms with Gasteiger partial charge in [0.25, 0.3) is 0 Å². The number of hydrogen-bond acceptors (Lipinski definition) is 4. The predicted octanol–water partition coefficient (Wildman–Crippen LogP) is 6.27. The van der Waals surface area contributed by atoms with Crippen molar-refractivity contribution < 1.29 is 14.3 Å². The van der Waals surface area contributed by atoms with Gasteiger partial charge in [0.2, 0.25) is 5.78 Å². The average Bonchev–Trinajstić information content (AvgIpc) is 3.15. The molecule has 0 bridgehead atoms. The summed E-state index contributed by atoms with van der Waals surface area (Å²) in [6.07, 6.45) is 3.74. The van der Waals surface area contributed by atoms with E-state index in [0.29, 0.717) is 22.7 Å².